The SMILES string of the molecule is CCCSc1c(CC(=O)CCCCN=C(C)NC(=O)OC(C)(C)C)cc(C(F)(F)F)cc1CC(=O)Cc1ccc(Oc2ccc(NCCNC(=O)OC(C)(C)C)c(C(F)(F)F)c2)c(CCCNC(=O)OC(C)(C)C)c1. The first-order valence-corrected chi connectivity index (χ1v) is 25.8. The van der Waals surface area contributed by atoms with Crippen molar-refractivity contribution in [3.05, 3.63) is 81.9 Å². The van der Waals surface area contributed by atoms with Crippen LogP contribution in [0.25, 0.3) is 0 Å². The van der Waals surface area contributed by atoms with Gasteiger partial charge in [0.15, 0.2) is 0 Å². The summed E-state index contributed by atoms with van der Waals surface area (Å²) >= 11 is 1.27. The van der Waals surface area contributed by atoms with Crippen LogP contribution in [0, 0.1) is 0 Å². The number of nitrogens with one attached hydrogen (secondary N) is 4. The van der Waals surface area contributed by atoms with Gasteiger partial charge in [-0.3, -0.25) is 19.9 Å². The van der Waals surface area contributed by atoms with Crippen LogP contribution in [0.1, 0.15) is 142 Å². The lowest BCUT2D eigenvalue weighted by Crippen LogP contribution is -2.35. The number of Topliss-reactive ketones (excluding diaryl/α,β-unsaturated/α-hetero) is 2. The highest BCUT2D eigenvalue weighted by atomic mass is 32.2. The van der Waals surface area contributed by atoms with E-state index in [9.17, 15) is 50.3 Å². The molecule has 3 aromatic carbocycles. The first-order chi connectivity index (χ1) is 34.7. The van der Waals surface area contributed by atoms with E-state index in [1.54, 1.807) is 81.4 Å². The van der Waals surface area contributed by atoms with Gasteiger partial charge < -0.3 is 34.9 Å². The van der Waals surface area contributed by atoms with Crippen LogP contribution >= 0.6 is 11.8 Å². The zero-order valence-corrected chi connectivity index (χ0v) is 45.6. The highest BCUT2D eigenvalue weighted by Gasteiger charge is 2.35. The van der Waals surface area contributed by atoms with E-state index < -0.39 is 70.8 Å². The van der Waals surface area contributed by atoms with Gasteiger partial charge in [-0.1, -0.05) is 19.1 Å². The number of ether oxygens (including phenoxy) is 4. The summed E-state index contributed by atoms with van der Waals surface area (Å²) in [5, 5.41) is 10.4. The van der Waals surface area contributed by atoms with Crippen molar-refractivity contribution >= 4 is 53.1 Å². The Morgan fingerprint density at radius 2 is 1.21 bits per heavy atom. The van der Waals surface area contributed by atoms with Gasteiger partial charge in [0, 0.05) is 62.4 Å². The topological polar surface area (TPSA) is 183 Å². The monoisotopic (exact) mass is 1080 g/mol. The number of carbonyl (C=O) groups is 5. The van der Waals surface area contributed by atoms with Crippen molar-refractivity contribution in [3.8, 4) is 11.5 Å². The average Bonchev–Trinajstić information content (AvgIpc) is 3.24. The van der Waals surface area contributed by atoms with Gasteiger partial charge in [0.25, 0.3) is 0 Å². The van der Waals surface area contributed by atoms with Crippen LogP contribution in [0.3, 0.4) is 0 Å². The zero-order valence-electron chi connectivity index (χ0n) is 44.8. The van der Waals surface area contributed by atoms with Crippen molar-refractivity contribution < 1.29 is 69.3 Å². The van der Waals surface area contributed by atoms with Crippen molar-refractivity contribution in [2.45, 2.75) is 168 Å². The molecule has 0 saturated carbocycles. The molecule has 3 rings (SSSR count). The molecule has 0 aliphatic carbocycles. The number of alkyl halides is 6. The highest BCUT2D eigenvalue weighted by Crippen LogP contribution is 2.40. The summed E-state index contributed by atoms with van der Waals surface area (Å²) in [6, 6.07) is 9.94. The molecule has 0 aliphatic heterocycles. The summed E-state index contributed by atoms with van der Waals surface area (Å²) in [5.41, 5.74) is -3.29. The number of halogens is 6. The third kappa shape index (κ3) is 24.9. The molecule has 0 bridgehead atoms. The van der Waals surface area contributed by atoms with Crippen molar-refractivity contribution in [2.24, 2.45) is 4.99 Å². The Kier molecular flexibility index (Phi) is 23.8. The van der Waals surface area contributed by atoms with E-state index in [-0.39, 0.29) is 79.4 Å². The Hall–Kier alpha value is -5.99. The number of aryl methyl sites for hydroxylation is 1. The predicted molar refractivity (Wildman–Crippen MR) is 278 cm³/mol. The van der Waals surface area contributed by atoms with E-state index in [2.05, 4.69) is 26.3 Å². The maximum absolute atomic E-state index is 14.4. The van der Waals surface area contributed by atoms with E-state index in [0.717, 1.165) is 18.2 Å². The lowest BCUT2D eigenvalue weighted by Gasteiger charge is -2.20. The number of rotatable bonds is 24. The molecule has 416 valence electrons. The average molecular weight is 1080 g/mol. The second kappa shape index (κ2) is 28.2. The zero-order chi connectivity index (χ0) is 56.4. The molecule has 4 N–H and O–H groups in total. The Labute approximate surface area is 440 Å². The fourth-order valence-corrected chi connectivity index (χ4v) is 8.19. The van der Waals surface area contributed by atoms with Crippen molar-refractivity contribution in [2.75, 3.05) is 37.2 Å². The van der Waals surface area contributed by atoms with Crippen LogP contribution in [0.5, 0.6) is 11.5 Å². The van der Waals surface area contributed by atoms with Gasteiger partial charge in [0.05, 0.1) is 11.1 Å². The maximum Gasteiger partial charge on any atom is 0.418 e. The number of aliphatic imine (C=N–C) groups is 1. The number of amides is 3. The van der Waals surface area contributed by atoms with Gasteiger partial charge in [0.1, 0.15) is 45.7 Å². The number of alkyl carbamates (subject to hydrolysis) is 3. The number of hydrogen-bond acceptors (Lipinski definition) is 12. The normalized spacial score (nSPS) is 12.4. The van der Waals surface area contributed by atoms with Crippen molar-refractivity contribution in [1.82, 2.24) is 16.0 Å². The number of anilines is 1. The number of hydrogen-bond donors (Lipinski definition) is 4. The summed E-state index contributed by atoms with van der Waals surface area (Å²) in [6.45, 7) is 19.2. The lowest BCUT2D eigenvalue weighted by molar-refractivity contribution is -0.138. The van der Waals surface area contributed by atoms with Crippen LogP contribution in [0.2, 0.25) is 0 Å². The third-order valence-electron chi connectivity index (χ3n) is 10.1. The largest absolute Gasteiger partial charge is 0.457 e. The molecular weight excluding hydrogens is 1010 g/mol. The molecular formula is C54H73F6N5O9S. The van der Waals surface area contributed by atoms with Crippen LogP contribution in [0.15, 0.2) is 58.4 Å². The molecule has 0 spiro atoms. The molecule has 0 fully saturated rings. The summed E-state index contributed by atoms with van der Waals surface area (Å²) in [6.07, 6.45) is -10.4. The Balaban J connectivity index is 1.87. The fraction of sp³-hybridized carbons (Fsp3) is 0.556. The molecule has 0 saturated heterocycles. The van der Waals surface area contributed by atoms with E-state index in [1.807, 2.05) is 6.92 Å². The summed E-state index contributed by atoms with van der Waals surface area (Å²) in [7, 11) is 0. The molecule has 0 unspecified atom stereocenters. The summed E-state index contributed by atoms with van der Waals surface area (Å²) in [4.78, 5) is 68.3. The predicted octanol–water partition coefficient (Wildman–Crippen LogP) is 13.0. The van der Waals surface area contributed by atoms with Crippen LogP contribution < -0.4 is 26.0 Å². The molecule has 14 nitrogen and oxygen atoms in total. The minimum absolute atomic E-state index is 0.0365. The second-order valence-corrected chi connectivity index (χ2v) is 21.9. The van der Waals surface area contributed by atoms with Gasteiger partial charge in [-0.2, -0.15) is 26.3 Å². The molecule has 75 heavy (non-hydrogen) atoms. The number of carbonyl (C=O) groups excluding carboxylic acids is 5. The molecule has 0 heterocycles. The highest BCUT2D eigenvalue weighted by molar-refractivity contribution is 7.99. The molecule has 21 heteroatoms. The first kappa shape index (κ1) is 63.3. The van der Waals surface area contributed by atoms with Crippen LogP contribution in [-0.4, -0.2) is 84.4 Å². The Morgan fingerprint density at radius 1 is 0.627 bits per heavy atom. The molecule has 3 amide bonds. The minimum Gasteiger partial charge on any atom is -0.457 e. The maximum atomic E-state index is 14.4. The number of benzene rings is 3. The van der Waals surface area contributed by atoms with E-state index in [4.69, 9.17) is 18.9 Å². The standard InChI is InChI=1S/C54H73F6N5O9S/c1-12-26-75-46-37(31-40(66)17-13-14-22-61-34(2)65-49(70)74-52(9,10)11)29-39(53(55,56)57)30-38(46)32-41(67)28-35-18-21-45(36(27-35)16-15-23-63-47(68)72-50(3,4)5)71-42-19-20-44(43(33-42)54(58,59)60)62-24-25-64-48(69)73-51(6,7)8/h18-21,27,29-30,33,62H,12-17,22-26,28,31-32H2,1-11H3,(H,63,68)(H,64,69)(H,61,65,70). The number of amidine groups is 1. The number of ketones is 2. The van der Waals surface area contributed by atoms with Crippen LogP contribution in [0.4, 0.5) is 46.4 Å². The minimum atomic E-state index is -4.81. The Morgan fingerprint density at radius 3 is 1.79 bits per heavy atom. The van der Waals surface area contributed by atoms with E-state index in [0.29, 0.717) is 59.8 Å². The smallest absolute Gasteiger partial charge is 0.418 e. The Bertz CT molecular complexity index is 2460. The first-order valence-electron chi connectivity index (χ1n) is 24.8. The van der Waals surface area contributed by atoms with Gasteiger partial charge in [0.2, 0.25) is 0 Å². The van der Waals surface area contributed by atoms with Gasteiger partial charge in [-0.25, -0.2) is 14.4 Å². The van der Waals surface area contributed by atoms with Crippen molar-refractivity contribution in [1.29, 1.82) is 0 Å². The number of unbranched alkanes of at least 4 members (excludes halogenated alkanes) is 1. The van der Waals surface area contributed by atoms with Gasteiger partial charge in [-0.05, 0) is 166 Å². The van der Waals surface area contributed by atoms with E-state index >= 15 is 0 Å². The number of nitrogens with zero attached hydrogens (tertiary/aromatic N) is 1. The molecule has 0 atom stereocenters. The summed E-state index contributed by atoms with van der Waals surface area (Å²) < 4.78 is 108. The third-order valence-corrected chi connectivity index (χ3v) is 11.6. The molecule has 0 aromatic heterocycles. The summed E-state index contributed by atoms with van der Waals surface area (Å²) in [5.74, 6) is 0.0995. The van der Waals surface area contributed by atoms with Crippen molar-refractivity contribution in [3.63, 3.8) is 0 Å². The molecule has 3 aromatic rings. The second-order valence-electron chi connectivity index (χ2n) is 20.8. The lowest BCUT2D eigenvalue weighted by atomic mass is 9.95. The quantitative estimate of drug-likeness (QED) is 0.0167. The fourth-order valence-electron chi connectivity index (χ4n) is 7.14. The van der Waals surface area contributed by atoms with Crippen LogP contribution in [-0.2, 0) is 61.8 Å². The van der Waals surface area contributed by atoms with E-state index in [1.165, 1.54) is 30.0 Å². The molecule has 0 aliphatic rings. The van der Waals surface area contributed by atoms with Gasteiger partial charge in [-0.15, -0.1) is 11.8 Å². The molecule has 0 radical (unpaired) electrons. The van der Waals surface area contributed by atoms with Gasteiger partial charge >= 0.3 is 30.6 Å². The number of thioether (sulfide) groups is 1.